The topological polar surface area (TPSA) is 64.0 Å². The van der Waals surface area contributed by atoms with Gasteiger partial charge in [0.15, 0.2) is 5.69 Å². The van der Waals surface area contributed by atoms with Gasteiger partial charge in [-0.25, -0.2) is 4.68 Å². The van der Waals surface area contributed by atoms with Crippen molar-refractivity contribution in [1.29, 1.82) is 0 Å². The highest BCUT2D eigenvalue weighted by molar-refractivity contribution is 6.31. The number of carbonyl (C=O) groups is 1. The van der Waals surface area contributed by atoms with Gasteiger partial charge < -0.3 is 5.32 Å². The summed E-state index contributed by atoms with van der Waals surface area (Å²) >= 11 is 5.99. The lowest BCUT2D eigenvalue weighted by atomic mass is 10.1. The molecule has 0 unspecified atom stereocenters. The summed E-state index contributed by atoms with van der Waals surface area (Å²) < 4.78 is 1.41. The number of hydrogen-bond donors (Lipinski definition) is 1. The Bertz CT molecular complexity index is 1010. The number of benzene rings is 2. The van der Waals surface area contributed by atoms with Gasteiger partial charge in [0.2, 0.25) is 0 Å². The monoisotopic (exact) mass is 383 g/mol. The molecule has 3 aromatic rings. The predicted octanol–water partition coefficient (Wildman–Crippen LogP) is 4.88. The maximum atomic E-state index is 12.8. The minimum atomic E-state index is -0.365. The van der Waals surface area contributed by atoms with Gasteiger partial charge in [-0.15, -0.1) is 0 Å². The Hall–Kier alpha value is -2.66. The van der Waals surface area contributed by atoms with E-state index in [0.29, 0.717) is 28.0 Å². The number of hydrogen-bond acceptors (Lipinski definition) is 3. The van der Waals surface area contributed by atoms with Gasteiger partial charge in [0.1, 0.15) is 0 Å². The van der Waals surface area contributed by atoms with Crippen LogP contribution in [0.1, 0.15) is 43.1 Å². The van der Waals surface area contributed by atoms with Crippen LogP contribution in [-0.4, -0.2) is 15.7 Å². The van der Waals surface area contributed by atoms with E-state index in [0.717, 1.165) is 25.7 Å². The number of anilines is 1. The Labute approximate surface area is 163 Å². The van der Waals surface area contributed by atoms with Gasteiger partial charge in [-0.2, -0.15) is 5.10 Å². The first-order valence-electron chi connectivity index (χ1n) is 9.17. The number of halogens is 1. The fraction of sp³-hybridized carbons (Fsp3) is 0.286. The second-order valence-corrected chi connectivity index (χ2v) is 6.88. The molecule has 2 aromatic carbocycles. The number of nitrogens with zero attached hydrogens (tertiary/aromatic N) is 2. The van der Waals surface area contributed by atoms with Gasteiger partial charge in [-0.1, -0.05) is 62.1 Å². The summed E-state index contributed by atoms with van der Waals surface area (Å²) in [7, 11) is 0. The van der Waals surface area contributed by atoms with Crippen LogP contribution in [0.2, 0.25) is 5.02 Å². The number of unbranched alkanes of at least 4 members (excludes halogenated alkanes) is 3. The molecule has 140 valence electrons. The van der Waals surface area contributed by atoms with Crippen LogP contribution in [-0.2, 0) is 6.54 Å². The highest BCUT2D eigenvalue weighted by Crippen LogP contribution is 2.18. The standard InChI is InChI=1S/C21H22ClN3O2/c1-2-3-4-7-13-25-21(27)18-12-6-5-11-17(18)19(24-25)20(26)23-16-10-8-9-15(22)14-16/h5-6,8-12,14H,2-4,7,13H2,1H3,(H,23,26). The van der Waals surface area contributed by atoms with Crippen molar-refractivity contribution in [2.45, 2.75) is 39.2 Å². The molecule has 0 atom stereocenters. The fourth-order valence-corrected chi connectivity index (χ4v) is 3.19. The number of nitrogens with one attached hydrogen (secondary N) is 1. The zero-order valence-electron chi connectivity index (χ0n) is 15.2. The molecule has 5 nitrogen and oxygen atoms in total. The second kappa shape index (κ2) is 8.82. The van der Waals surface area contributed by atoms with Crippen LogP contribution in [0.3, 0.4) is 0 Å². The minimum absolute atomic E-state index is 0.165. The number of carbonyl (C=O) groups excluding carboxylic acids is 1. The van der Waals surface area contributed by atoms with E-state index < -0.39 is 0 Å². The van der Waals surface area contributed by atoms with Gasteiger partial charge in [0, 0.05) is 22.6 Å². The molecule has 0 bridgehead atoms. The number of aryl methyl sites for hydroxylation is 1. The molecule has 0 aliphatic heterocycles. The Balaban J connectivity index is 1.96. The lowest BCUT2D eigenvalue weighted by Crippen LogP contribution is -2.27. The summed E-state index contributed by atoms with van der Waals surface area (Å²) in [5.74, 6) is -0.365. The quantitative estimate of drug-likeness (QED) is 0.591. The average molecular weight is 384 g/mol. The lowest BCUT2D eigenvalue weighted by molar-refractivity contribution is 0.102. The van der Waals surface area contributed by atoms with Crippen LogP contribution < -0.4 is 10.9 Å². The molecule has 1 heterocycles. The number of fused-ring (bicyclic) bond motifs is 1. The van der Waals surface area contributed by atoms with Crippen LogP contribution in [0.5, 0.6) is 0 Å². The van der Waals surface area contributed by atoms with Crippen LogP contribution in [0.25, 0.3) is 10.8 Å². The molecule has 27 heavy (non-hydrogen) atoms. The largest absolute Gasteiger partial charge is 0.321 e. The van der Waals surface area contributed by atoms with E-state index in [4.69, 9.17) is 11.6 Å². The molecule has 0 aliphatic rings. The van der Waals surface area contributed by atoms with Gasteiger partial charge in [0.25, 0.3) is 11.5 Å². The maximum absolute atomic E-state index is 12.8. The van der Waals surface area contributed by atoms with Crippen molar-refractivity contribution in [3.05, 3.63) is 69.6 Å². The lowest BCUT2D eigenvalue weighted by Gasteiger charge is -2.11. The zero-order valence-corrected chi connectivity index (χ0v) is 16.0. The number of aromatic nitrogens is 2. The first kappa shape index (κ1) is 19.1. The molecule has 6 heteroatoms. The molecule has 1 amide bonds. The average Bonchev–Trinajstić information content (AvgIpc) is 2.67. The van der Waals surface area contributed by atoms with Crippen molar-refractivity contribution >= 4 is 34.0 Å². The fourth-order valence-electron chi connectivity index (χ4n) is 3.00. The molecule has 0 saturated carbocycles. The SMILES string of the molecule is CCCCCCn1nc(C(=O)Nc2cccc(Cl)c2)c2ccccc2c1=O. The molecule has 1 aromatic heterocycles. The van der Waals surface area contributed by atoms with E-state index >= 15 is 0 Å². The van der Waals surface area contributed by atoms with E-state index in [1.54, 1.807) is 48.5 Å². The normalized spacial score (nSPS) is 10.9. The highest BCUT2D eigenvalue weighted by atomic mass is 35.5. The van der Waals surface area contributed by atoms with Crippen molar-refractivity contribution in [1.82, 2.24) is 9.78 Å². The molecule has 0 saturated heterocycles. The number of rotatable bonds is 7. The third kappa shape index (κ3) is 4.55. The number of amides is 1. The maximum Gasteiger partial charge on any atom is 0.276 e. The van der Waals surface area contributed by atoms with Crippen molar-refractivity contribution in [2.24, 2.45) is 0 Å². The summed E-state index contributed by atoms with van der Waals surface area (Å²) in [5.41, 5.74) is 0.654. The predicted molar refractivity (Wildman–Crippen MR) is 110 cm³/mol. The van der Waals surface area contributed by atoms with E-state index in [-0.39, 0.29) is 17.2 Å². The van der Waals surface area contributed by atoms with Gasteiger partial charge in [-0.05, 0) is 30.7 Å². The molecule has 0 aliphatic carbocycles. The van der Waals surface area contributed by atoms with Crippen molar-refractivity contribution < 1.29 is 4.79 Å². The van der Waals surface area contributed by atoms with Crippen molar-refractivity contribution in [2.75, 3.05) is 5.32 Å². The van der Waals surface area contributed by atoms with E-state index in [9.17, 15) is 9.59 Å². The van der Waals surface area contributed by atoms with Gasteiger partial charge >= 0.3 is 0 Å². The van der Waals surface area contributed by atoms with Gasteiger partial charge in [0.05, 0.1) is 5.39 Å². The highest BCUT2D eigenvalue weighted by Gasteiger charge is 2.16. The second-order valence-electron chi connectivity index (χ2n) is 6.45. The molecule has 1 N–H and O–H groups in total. The molecular weight excluding hydrogens is 362 g/mol. The molecule has 3 rings (SSSR count). The summed E-state index contributed by atoms with van der Waals surface area (Å²) in [6.07, 6.45) is 4.12. The summed E-state index contributed by atoms with van der Waals surface area (Å²) in [6, 6.07) is 14.0. The van der Waals surface area contributed by atoms with E-state index in [1.165, 1.54) is 4.68 Å². The summed E-state index contributed by atoms with van der Waals surface area (Å²) in [6.45, 7) is 2.64. The van der Waals surface area contributed by atoms with Crippen LogP contribution in [0, 0.1) is 0 Å². The Kier molecular flexibility index (Phi) is 6.24. The first-order chi connectivity index (χ1) is 13.1. The van der Waals surface area contributed by atoms with E-state index in [2.05, 4.69) is 17.3 Å². The van der Waals surface area contributed by atoms with E-state index in [1.807, 2.05) is 0 Å². The summed E-state index contributed by atoms with van der Waals surface area (Å²) in [4.78, 5) is 25.6. The molecule has 0 spiro atoms. The third-order valence-corrected chi connectivity index (χ3v) is 4.62. The molecule has 0 radical (unpaired) electrons. The van der Waals surface area contributed by atoms with Gasteiger partial charge in [-0.3, -0.25) is 9.59 Å². The van der Waals surface area contributed by atoms with Crippen LogP contribution >= 0.6 is 11.6 Å². The zero-order chi connectivity index (χ0) is 19.2. The Morgan fingerprint density at radius 3 is 2.59 bits per heavy atom. The Morgan fingerprint density at radius 1 is 1.07 bits per heavy atom. The molecular formula is C21H22ClN3O2. The van der Waals surface area contributed by atoms with Crippen LogP contribution in [0.15, 0.2) is 53.3 Å². The smallest absolute Gasteiger partial charge is 0.276 e. The molecule has 0 fully saturated rings. The van der Waals surface area contributed by atoms with Crippen LogP contribution in [0.4, 0.5) is 5.69 Å². The first-order valence-corrected chi connectivity index (χ1v) is 9.54. The van der Waals surface area contributed by atoms with Crippen molar-refractivity contribution in [3.8, 4) is 0 Å². The third-order valence-electron chi connectivity index (χ3n) is 4.39. The Morgan fingerprint density at radius 2 is 1.85 bits per heavy atom. The minimum Gasteiger partial charge on any atom is -0.321 e. The van der Waals surface area contributed by atoms with Crippen molar-refractivity contribution in [3.63, 3.8) is 0 Å². The summed E-state index contributed by atoms with van der Waals surface area (Å²) in [5, 5.41) is 8.77.